The Morgan fingerprint density at radius 3 is 2.25 bits per heavy atom. The molecule has 0 heterocycles. The van der Waals surface area contributed by atoms with Crippen molar-refractivity contribution in [2.75, 3.05) is 6.54 Å². The molecule has 0 aromatic heterocycles. The van der Waals surface area contributed by atoms with Crippen molar-refractivity contribution in [2.24, 2.45) is 0 Å². The zero-order chi connectivity index (χ0) is 15.2. The molecule has 1 rings (SSSR count). The molecule has 0 aliphatic heterocycles. The maximum Gasteiger partial charge on any atom is 0.215 e. The Morgan fingerprint density at radius 2 is 1.70 bits per heavy atom. The number of nitrogens with one attached hydrogen (secondary N) is 2. The molecule has 0 aliphatic rings. The van der Waals surface area contributed by atoms with Crippen LogP contribution < -0.4 is 10.0 Å². The van der Waals surface area contributed by atoms with Crippen LogP contribution in [0.3, 0.4) is 0 Å². The number of aryl methyl sites for hydroxylation is 1. The zero-order valence-corrected chi connectivity index (χ0v) is 13.6. The molecular formula is C15H26N2O2S. The summed E-state index contributed by atoms with van der Waals surface area (Å²) in [5, 5.41) is 2.71. The Kier molecular flexibility index (Phi) is 6.65. The standard InChI is InChI=1S/C15H26N2O2S/c1-5-14-8-6-7-9-15(14)11-17-20(18,19)13(4)10-16-12(2)3/h6-9,12-13,16-17H,5,10-11H2,1-4H3. The van der Waals surface area contributed by atoms with Crippen LogP contribution in [0, 0.1) is 0 Å². The molecule has 4 nitrogen and oxygen atoms in total. The van der Waals surface area contributed by atoms with E-state index in [0.717, 1.165) is 12.0 Å². The van der Waals surface area contributed by atoms with Gasteiger partial charge in [-0.05, 0) is 24.5 Å². The lowest BCUT2D eigenvalue weighted by atomic mass is 10.1. The number of sulfonamides is 1. The molecular weight excluding hydrogens is 272 g/mol. The van der Waals surface area contributed by atoms with Gasteiger partial charge in [-0.15, -0.1) is 0 Å². The van der Waals surface area contributed by atoms with E-state index >= 15 is 0 Å². The molecule has 1 atom stereocenters. The molecule has 1 aromatic rings. The number of rotatable bonds is 8. The molecule has 1 unspecified atom stereocenters. The highest BCUT2D eigenvalue weighted by Gasteiger charge is 2.20. The Labute approximate surface area is 123 Å². The van der Waals surface area contributed by atoms with Gasteiger partial charge in [-0.2, -0.15) is 0 Å². The first kappa shape index (κ1) is 17.1. The van der Waals surface area contributed by atoms with Crippen molar-refractivity contribution in [1.29, 1.82) is 0 Å². The van der Waals surface area contributed by atoms with Crippen molar-refractivity contribution in [1.82, 2.24) is 10.0 Å². The minimum atomic E-state index is -3.29. The van der Waals surface area contributed by atoms with Gasteiger partial charge in [-0.3, -0.25) is 0 Å². The minimum absolute atomic E-state index is 0.286. The van der Waals surface area contributed by atoms with Crippen molar-refractivity contribution < 1.29 is 8.42 Å². The van der Waals surface area contributed by atoms with E-state index in [4.69, 9.17) is 0 Å². The Morgan fingerprint density at radius 1 is 1.10 bits per heavy atom. The first-order chi connectivity index (χ1) is 9.36. The molecule has 0 saturated carbocycles. The van der Waals surface area contributed by atoms with E-state index in [-0.39, 0.29) is 6.04 Å². The second-order valence-electron chi connectivity index (χ2n) is 5.36. The first-order valence-electron chi connectivity index (χ1n) is 7.15. The summed E-state index contributed by atoms with van der Waals surface area (Å²) in [4.78, 5) is 0. The lowest BCUT2D eigenvalue weighted by Crippen LogP contribution is -2.40. The van der Waals surface area contributed by atoms with Crippen LogP contribution in [0.4, 0.5) is 0 Å². The molecule has 5 heteroatoms. The highest BCUT2D eigenvalue weighted by atomic mass is 32.2. The molecule has 0 spiro atoms. The van der Waals surface area contributed by atoms with E-state index in [9.17, 15) is 8.42 Å². The second kappa shape index (κ2) is 7.76. The maximum atomic E-state index is 12.2. The fraction of sp³-hybridized carbons (Fsp3) is 0.600. The van der Waals surface area contributed by atoms with Gasteiger partial charge in [-0.1, -0.05) is 45.0 Å². The highest BCUT2D eigenvalue weighted by molar-refractivity contribution is 7.90. The van der Waals surface area contributed by atoms with Crippen LogP contribution in [0.15, 0.2) is 24.3 Å². The van der Waals surface area contributed by atoms with Crippen LogP contribution in [0.2, 0.25) is 0 Å². The number of hydrogen-bond acceptors (Lipinski definition) is 3. The highest BCUT2D eigenvalue weighted by Crippen LogP contribution is 2.10. The smallest absolute Gasteiger partial charge is 0.215 e. The molecule has 0 amide bonds. The summed E-state index contributed by atoms with van der Waals surface area (Å²) >= 11 is 0. The fourth-order valence-electron chi connectivity index (χ4n) is 1.91. The first-order valence-corrected chi connectivity index (χ1v) is 8.70. The summed E-state index contributed by atoms with van der Waals surface area (Å²) in [7, 11) is -3.29. The summed E-state index contributed by atoms with van der Waals surface area (Å²) in [6, 6.07) is 8.21. The van der Waals surface area contributed by atoms with Crippen LogP contribution in [0.1, 0.15) is 38.8 Å². The van der Waals surface area contributed by atoms with Crippen molar-refractivity contribution in [3.8, 4) is 0 Å². The normalized spacial score (nSPS) is 13.7. The van der Waals surface area contributed by atoms with Gasteiger partial charge in [0.15, 0.2) is 0 Å². The molecule has 0 aliphatic carbocycles. The van der Waals surface area contributed by atoms with E-state index in [1.165, 1.54) is 5.56 Å². The third-order valence-electron chi connectivity index (χ3n) is 3.31. The molecule has 2 N–H and O–H groups in total. The summed E-state index contributed by atoms with van der Waals surface area (Å²) in [6.07, 6.45) is 0.905. The quantitative estimate of drug-likeness (QED) is 0.772. The van der Waals surface area contributed by atoms with Crippen molar-refractivity contribution in [3.63, 3.8) is 0 Å². The monoisotopic (exact) mass is 298 g/mol. The Bertz CT molecular complexity index is 512. The molecule has 0 radical (unpaired) electrons. The number of hydrogen-bond donors (Lipinski definition) is 2. The van der Waals surface area contributed by atoms with Crippen molar-refractivity contribution >= 4 is 10.0 Å². The molecule has 20 heavy (non-hydrogen) atoms. The van der Waals surface area contributed by atoms with E-state index in [0.29, 0.717) is 13.1 Å². The predicted molar refractivity (Wildman–Crippen MR) is 84.2 cm³/mol. The van der Waals surface area contributed by atoms with Crippen LogP contribution in [-0.2, 0) is 23.0 Å². The lowest BCUT2D eigenvalue weighted by Gasteiger charge is -2.17. The zero-order valence-electron chi connectivity index (χ0n) is 12.8. The van der Waals surface area contributed by atoms with Gasteiger partial charge < -0.3 is 5.32 Å². The van der Waals surface area contributed by atoms with Gasteiger partial charge in [-0.25, -0.2) is 13.1 Å². The molecule has 0 saturated heterocycles. The molecule has 114 valence electrons. The summed E-state index contributed by atoms with van der Waals surface area (Å²) in [5.41, 5.74) is 2.23. The van der Waals surface area contributed by atoms with E-state index < -0.39 is 15.3 Å². The third-order valence-corrected chi connectivity index (χ3v) is 5.08. The van der Waals surface area contributed by atoms with E-state index in [1.807, 2.05) is 38.1 Å². The van der Waals surface area contributed by atoms with Crippen molar-refractivity contribution in [2.45, 2.75) is 52.0 Å². The Hall–Kier alpha value is -0.910. The Balaban J connectivity index is 2.63. The van der Waals surface area contributed by atoms with Crippen LogP contribution >= 0.6 is 0 Å². The summed E-state index contributed by atoms with van der Waals surface area (Å²) < 4.78 is 27.0. The van der Waals surface area contributed by atoms with Crippen LogP contribution in [0.5, 0.6) is 0 Å². The lowest BCUT2D eigenvalue weighted by molar-refractivity contribution is 0.540. The van der Waals surface area contributed by atoms with Gasteiger partial charge in [0.1, 0.15) is 0 Å². The molecule has 0 fully saturated rings. The van der Waals surface area contributed by atoms with Gasteiger partial charge in [0.05, 0.1) is 5.25 Å². The van der Waals surface area contributed by atoms with Gasteiger partial charge >= 0.3 is 0 Å². The predicted octanol–water partition coefficient (Wildman–Crippen LogP) is 2.05. The summed E-state index contributed by atoms with van der Waals surface area (Å²) in [5.74, 6) is 0. The maximum absolute atomic E-state index is 12.2. The SMILES string of the molecule is CCc1ccccc1CNS(=O)(=O)C(C)CNC(C)C. The van der Waals surface area contributed by atoms with E-state index in [2.05, 4.69) is 17.0 Å². The largest absolute Gasteiger partial charge is 0.313 e. The molecule has 1 aromatic carbocycles. The average molecular weight is 298 g/mol. The topological polar surface area (TPSA) is 58.2 Å². The van der Waals surface area contributed by atoms with Crippen LogP contribution in [-0.4, -0.2) is 26.3 Å². The molecule has 0 bridgehead atoms. The fourth-order valence-corrected chi connectivity index (χ4v) is 2.86. The van der Waals surface area contributed by atoms with Gasteiger partial charge in [0, 0.05) is 19.1 Å². The van der Waals surface area contributed by atoms with E-state index in [1.54, 1.807) is 6.92 Å². The third kappa shape index (κ3) is 5.23. The average Bonchev–Trinajstić information content (AvgIpc) is 2.42. The minimum Gasteiger partial charge on any atom is -0.313 e. The van der Waals surface area contributed by atoms with Gasteiger partial charge in [0.2, 0.25) is 10.0 Å². The second-order valence-corrected chi connectivity index (χ2v) is 7.55. The van der Waals surface area contributed by atoms with Crippen molar-refractivity contribution in [3.05, 3.63) is 35.4 Å². The number of benzene rings is 1. The van der Waals surface area contributed by atoms with Crippen LogP contribution in [0.25, 0.3) is 0 Å². The van der Waals surface area contributed by atoms with Gasteiger partial charge in [0.25, 0.3) is 0 Å². The summed E-state index contributed by atoms with van der Waals surface area (Å²) in [6.45, 7) is 8.63.